The van der Waals surface area contributed by atoms with Gasteiger partial charge in [0.05, 0.1) is 6.61 Å². The Morgan fingerprint density at radius 2 is 1.52 bits per heavy atom. The van der Waals surface area contributed by atoms with Crippen molar-refractivity contribution >= 4 is 0 Å². The zero-order valence-electron chi connectivity index (χ0n) is 17.6. The van der Waals surface area contributed by atoms with E-state index in [2.05, 4.69) is 24.0 Å². The molecule has 1 aliphatic heterocycles. The second kappa shape index (κ2) is 10.6. The molecule has 0 aromatic heterocycles. The molecule has 0 amide bonds. The second-order valence-corrected chi connectivity index (χ2v) is 7.79. The fraction of sp³-hybridized carbons (Fsp3) is 0.500. The SMILES string of the molecule is CCOCCOc1ccc(CN2CCC(O)(COc3ccc(C)cc3)CC2)cc1. The van der Waals surface area contributed by atoms with Crippen LogP contribution in [0.2, 0.25) is 0 Å². The summed E-state index contributed by atoms with van der Waals surface area (Å²) in [5.74, 6) is 1.68. The van der Waals surface area contributed by atoms with Crippen molar-refractivity contribution in [3.63, 3.8) is 0 Å². The number of piperidine rings is 1. The number of rotatable bonds is 10. The molecule has 0 bridgehead atoms. The third-order valence-electron chi connectivity index (χ3n) is 5.35. The minimum atomic E-state index is -0.750. The molecular weight excluding hydrogens is 366 g/mol. The van der Waals surface area contributed by atoms with E-state index in [1.54, 1.807) is 0 Å². The quantitative estimate of drug-likeness (QED) is 0.616. The fourth-order valence-electron chi connectivity index (χ4n) is 3.44. The van der Waals surface area contributed by atoms with Gasteiger partial charge >= 0.3 is 0 Å². The van der Waals surface area contributed by atoms with E-state index >= 15 is 0 Å². The summed E-state index contributed by atoms with van der Waals surface area (Å²) in [5, 5.41) is 10.8. The molecule has 1 aliphatic rings. The number of aryl methyl sites for hydroxylation is 1. The van der Waals surface area contributed by atoms with Crippen molar-refractivity contribution in [3.05, 3.63) is 59.7 Å². The Balaban J connectivity index is 1.40. The molecule has 0 radical (unpaired) electrons. The summed E-state index contributed by atoms with van der Waals surface area (Å²) < 4.78 is 16.8. The van der Waals surface area contributed by atoms with E-state index in [0.717, 1.165) is 44.0 Å². The molecule has 1 fully saturated rings. The lowest BCUT2D eigenvalue weighted by Crippen LogP contribution is -2.47. The van der Waals surface area contributed by atoms with Gasteiger partial charge in [0.25, 0.3) is 0 Å². The van der Waals surface area contributed by atoms with Crippen molar-refractivity contribution in [1.29, 1.82) is 0 Å². The highest BCUT2D eigenvalue weighted by Crippen LogP contribution is 2.25. The molecule has 0 unspecified atom stereocenters. The lowest BCUT2D eigenvalue weighted by atomic mass is 9.92. The topological polar surface area (TPSA) is 51.2 Å². The normalized spacial score (nSPS) is 16.5. The van der Waals surface area contributed by atoms with Crippen molar-refractivity contribution < 1.29 is 19.3 Å². The van der Waals surface area contributed by atoms with Gasteiger partial charge in [0, 0.05) is 26.2 Å². The summed E-state index contributed by atoms with van der Waals surface area (Å²) in [6, 6.07) is 16.2. The molecule has 5 nitrogen and oxygen atoms in total. The van der Waals surface area contributed by atoms with E-state index in [1.165, 1.54) is 11.1 Å². The molecule has 0 saturated carbocycles. The van der Waals surface area contributed by atoms with Crippen LogP contribution in [-0.2, 0) is 11.3 Å². The lowest BCUT2D eigenvalue weighted by molar-refractivity contribution is -0.0537. The maximum atomic E-state index is 10.8. The highest BCUT2D eigenvalue weighted by molar-refractivity contribution is 5.27. The first kappa shape index (κ1) is 21.6. The monoisotopic (exact) mass is 399 g/mol. The van der Waals surface area contributed by atoms with Gasteiger partial charge in [0.2, 0.25) is 0 Å². The summed E-state index contributed by atoms with van der Waals surface area (Å²) in [4.78, 5) is 2.38. The molecule has 1 heterocycles. The van der Waals surface area contributed by atoms with Gasteiger partial charge in [-0.3, -0.25) is 4.90 Å². The van der Waals surface area contributed by atoms with Crippen molar-refractivity contribution in [2.75, 3.05) is 39.5 Å². The number of ether oxygens (including phenoxy) is 3. The van der Waals surface area contributed by atoms with Gasteiger partial charge in [-0.15, -0.1) is 0 Å². The lowest BCUT2D eigenvalue weighted by Gasteiger charge is -2.38. The number of likely N-dealkylation sites (tertiary alicyclic amines) is 1. The van der Waals surface area contributed by atoms with Gasteiger partial charge in [-0.05, 0) is 56.5 Å². The molecular formula is C24H33NO4. The van der Waals surface area contributed by atoms with E-state index in [1.807, 2.05) is 43.3 Å². The Kier molecular flexibility index (Phi) is 7.92. The van der Waals surface area contributed by atoms with Crippen LogP contribution in [0.15, 0.2) is 48.5 Å². The minimum Gasteiger partial charge on any atom is -0.491 e. The highest BCUT2D eigenvalue weighted by atomic mass is 16.5. The zero-order chi connectivity index (χ0) is 20.5. The minimum absolute atomic E-state index is 0.345. The van der Waals surface area contributed by atoms with Crippen LogP contribution >= 0.6 is 0 Å². The van der Waals surface area contributed by atoms with Crippen LogP contribution in [0.1, 0.15) is 30.9 Å². The van der Waals surface area contributed by atoms with Crippen molar-refractivity contribution in [1.82, 2.24) is 4.90 Å². The van der Waals surface area contributed by atoms with E-state index in [9.17, 15) is 5.11 Å². The molecule has 0 spiro atoms. The Hall–Kier alpha value is -2.08. The van der Waals surface area contributed by atoms with Crippen LogP contribution in [0, 0.1) is 6.92 Å². The van der Waals surface area contributed by atoms with Gasteiger partial charge in [-0.2, -0.15) is 0 Å². The average Bonchev–Trinajstić information content (AvgIpc) is 2.74. The summed E-state index contributed by atoms with van der Waals surface area (Å²) >= 11 is 0. The Morgan fingerprint density at radius 3 is 2.17 bits per heavy atom. The number of nitrogens with zero attached hydrogens (tertiary/aromatic N) is 1. The van der Waals surface area contributed by atoms with Crippen LogP contribution in [0.5, 0.6) is 11.5 Å². The fourth-order valence-corrected chi connectivity index (χ4v) is 3.44. The van der Waals surface area contributed by atoms with Crippen LogP contribution < -0.4 is 9.47 Å². The first-order chi connectivity index (χ1) is 14.1. The van der Waals surface area contributed by atoms with Gasteiger partial charge in [-0.25, -0.2) is 0 Å². The van der Waals surface area contributed by atoms with Crippen LogP contribution in [-0.4, -0.2) is 55.1 Å². The van der Waals surface area contributed by atoms with Crippen molar-refractivity contribution in [2.24, 2.45) is 0 Å². The summed E-state index contributed by atoms with van der Waals surface area (Å²) in [6.07, 6.45) is 1.44. The predicted molar refractivity (Wildman–Crippen MR) is 115 cm³/mol. The molecule has 0 aliphatic carbocycles. The van der Waals surface area contributed by atoms with Crippen LogP contribution in [0.25, 0.3) is 0 Å². The average molecular weight is 400 g/mol. The number of benzene rings is 2. The Bertz CT molecular complexity index is 722. The van der Waals surface area contributed by atoms with Crippen molar-refractivity contribution in [2.45, 2.75) is 38.8 Å². The maximum absolute atomic E-state index is 10.8. The molecule has 3 rings (SSSR count). The van der Waals surface area contributed by atoms with E-state index in [-0.39, 0.29) is 0 Å². The van der Waals surface area contributed by atoms with Crippen LogP contribution in [0.4, 0.5) is 0 Å². The third-order valence-corrected chi connectivity index (χ3v) is 5.35. The number of hydrogen-bond acceptors (Lipinski definition) is 5. The molecule has 2 aromatic rings. The maximum Gasteiger partial charge on any atom is 0.119 e. The van der Waals surface area contributed by atoms with Gasteiger partial charge < -0.3 is 19.3 Å². The summed E-state index contributed by atoms with van der Waals surface area (Å²) in [7, 11) is 0. The Labute approximate surface area is 174 Å². The van der Waals surface area contributed by atoms with E-state index in [4.69, 9.17) is 14.2 Å². The third kappa shape index (κ3) is 7.03. The zero-order valence-corrected chi connectivity index (χ0v) is 17.6. The van der Waals surface area contributed by atoms with Gasteiger partial charge in [-0.1, -0.05) is 29.8 Å². The largest absolute Gasteiger partial charge is 0.491 e. The van der Waals surface area contributed by atoms with E-state index in [0.29, 0.717) is 26.4 Å². The molecule has 5 heteroatoms. The second-order valence-electron chi connectivity index (χ2n) is 7.79. The van der Waals surface area contributed by atoms with Gasteiger partial charge in [0.15, 0.2) is 0 Å². The molecule has 158 valence electrons. The summed E-state index contributed by atoms with van der Waals surface area (Å²) in [6.45, 7) is 8.88. The Morgan fingerprint density at radius 1 is 0.897 bits per heavy atom. The smallest absolute Gasteiger partial charge is 0.119 e. The molecule has 1 saturated heterocycles. The summed E-state index contributed by atoms with van der Waals surface area (Å²) in [5.41, 5.74) is 1.71. The number of hydrogen-bond donors (Lipinski definition) is 1. The highest BCUT2D eigenvalue weighted by Gasteiger charge is 2.33. The molecule has 2 aromatic carbocycles. The van der Waals surface area contributed by atoms with Crippen LogP contribution in [0.3, 0.4) is 0 Å². The van der Waals surface area contributed by atoms with Crippen molar-refractivity contribution in [3.8, 4) is 11.5 Å². The first-order valence-corrected chi connectivity index (χ1v) is 10.5. The first-order valence-electron chi connectivity index (χ1n) is 10.5. The van der Waals surface area contributed by atoms with Gasteiger partial charge in [0.1, 0.15) is 30.3 Å². The standard InChI is InChI=1S/C24H33NO4/c1-3-27-16-17-28-22-10-6-21(7-11-22)18-25-14-12-24(26,13-15-25)19-29-23-8-4-20(2)5-9-23/h4-11,26H,3,12-19H2,1-2H3. The molecule has 1 N–H and O–H groups in total. The molecule has 0 atom stereocenters. The predicted octanol–water partition coefficient (Wildman–Crippen LogP) is 3.82. The number of aliphatic hydroxyl groups is 1. The van der Waals surface area contributed by atoms with E-state index < -0.39 is 5.60 Å². The molecule has 29 heavy (non-hydrogen) atoms.